The van der Waals surface area contributed by atoms with E-state index in [0.717, 1.165) is 12.1 Å². The number of benzene rings is 3. The highest BCUT2D eigenvalue weighted by Gasteiger charge is 2.36. The van der Waals surface area contributed by atoms with Crippen molar-refractivity contribution in [2.24, 2.45) is 0 Å². The zero-order valence-electron chi connectivity index (χ0n) is 24.0. The number of carbonyl (C=O) groups is 1. The molecule has 1 amide bonds. The maximum atomic E-state index is 13.5. The fourth-order valence-corrected chi connectivity index (χ4v) is 6.06. The van der Waals surface area contributed by atoms with Gasteiger partial charge in [-0.1, -0.05) is 31.2 Å². The number of anilines is 1. The van der Waals surface area contributed by atoms with Crippen LogP contribution in [0.4, 0.5) is 27.6 Å². The second-order valence-corrected chi connectivity index (χ2v) is 13.0. The van der Waals surface area contributed by atoms with Crippen molar-refractivity contribution in [1.29, 1.82) is 0 Å². The zero-order valence-corrected chi connectivity index (χ0v) is 24.8. The normalized spacial score (nSPS) is 18.3. The number of halogens is 5. The number of rotatable bonds is 11. The fraction of sp³-hybridized carbons (Fsp3) is 0.387. The number of hydrogen-bond acceptors (Lipinski definition) is 6. The van der Waals surface area contributed by atoms with Crippen LogP contribution >= 0.6 is 0 Å². The fourth-order valence-electron chi connectivity index (χ4n) is 5.17. The predicted molar refractivity (Wildman–Crippen MR) is 154 cm³/mol. The molecular weight excluding hydrogens is 607 g/mol. The summed E-state index contributed by atoms with van der Waals surface area (Å²) in [7, 11) is -3.41. The molecule has 13 heteroatoms. The third-order valence-electron chi connectivity index (χ3n) is 7.62. The van der Waals surface area contributed by atoms with Crippen LogP contribution in [0.2, 0.25) is 0 Å². The third-order valence-corrected chi connectivity index (χ3v) is 9.37. The van der Waals surface area contributed by atoms with E-state index >= 15 is 0 Å². The highest BCUT2D eigenvalue weighted by molar-refractivity contribution is 7.91. The first-order valence-electron chi connectivity index (χ1n) is 13.9. The number of aliphatic hydroxyl groups is 1. The van der Waals surface area contributed by atoms with Crippen molar-refractivity contribution in [3.63, 3.8) is 0 Å². The molecule has 0 bridgehead atoms. The van der Waals surface area contributed by atoms with Crippen molar-refractivity contribution >= 4 is 21.4 Å². The van der Waals surface area contributed by atoms with Crippen molar-refractivity contribution < 1.29 is 45.0 Å². The zero-order chi connectivity index (χ0) is 32.3. The molecule has 7 nitrogen and oxygen atoms in total. The first kappa shape index (κ1) is 33.3. The maximum absolute atomic E-state index is 13.5. The van der Waals surface area contributed by atoms with Crippen molar-refractivity contribution in [1.82, 2.24) is 5.32 Å². The lowest BCUT2D eigenvalue weighted by molar-refractivity contribution is -0.225. The molecule has 1 fully saturated rings. The van der Waals surface area contributed by atoms with Crippen molar-refractivity contribution in [3.05, 3.63) is 95.1 Å². The molecule has 0 saturated carbocycles. The summed E-state index contributed by atoms with van der Waals surface area (Å²) < 4.78 is 95.1. The van der Waals surface area contributed by atoms with Gasteiger partial charge in [0.25, 0.3) is 5.91 Å². The van der Waals surface area contributed by atoms with Gasteiger partial charge in [0.1, 0.15) is 0 Å². The van der Waals surface area contributed by atoms with Gasteiger partial charge >= 0.3 is 12.3 Å². The lowest BCUT2D eigenvalue weighted by Gasteiger charge is -2.28. The molecule has 3 atom stereocenters. The van der Waals surface area contributed by atoms with Crippen LogP contribution in [0.25, 0.3) is 0 Å². The van der Waals surface area contributed by atoms with Crippen LogP contribution in [-0.2, 0) is 20.8 Å². The first-order valence-corrected chi connectivity index (χ1v) is 15.6. The standard InChI is InChI=1S/C31H33F5N2O5S/c1-3-44(41,42)27-14-8-21(9-15-27)28(18-39)37-29(40)22-6-12-25(13-7-22)38-17-23(16-26(38)19-43-30(2,32)33)20-4-10-24(11-5-20)31(34,35)36/h4-15,23,26,28,39H,3,16-19H2,1-2H3,(H,37,40)/t23?,26-,28-/m0/s1. The number of alkyl halides is 5. The molecule has 1 unspecified atom stereocenters. The molecule has 1 aliphatic rings. The summed E-state index contributed by atoms with van der Waals surface area (Å²) in [6.07, 6.45) is -7.48. The van der Waals surface area contributed by atoms with Crippen LogP contribution in [0.15, 0.2) is 77.7 Å². The number of nitrogens with zero attached hydrogens (tertiary/aromatic N) is 1. The molecule has 0 aromatic heterocycles. The Labute approximate surface area is 252 Å². The minimum atomic E-state index is -4.48. The molecule has 4 rings (SSSR count). The summed E-state index contributed by atoms with van der Waals surface area (Å²) in [5.41, 5.74) is 1.23. The molecule has 0 aliphatic carbocycles. The van der Waals surface area contributed by atoms with Crippen molar-refractivity contribution in [2.75, 3.05) is 30.4 Å². The minimum Gasteiger partial charge on any atom is -0.394 e. The van der Waals surface area contributed by atoms with Crippen LogP contribution in [0.3, 0.4) is 0 Å². The average Bonchev–Trinajstić information content (AvgIpc) is 3.42. The van der Waals surface area contributed by atoms with Crippen LogP contribution in [0.5, 0.6) is 0 Å². The topological polar surface area (TPSA) is 95.9 Å². The molecule has 238 valence electrons. The summed E-state index contributed by atoms with van der Waals surface area (Å²) in [4.78, 5) is 15.0. The van der Waals surface area contributed by atoms with E-state index in [1.807, 2.05) is 4.90 Å². The Bertz CT molecular complexity index is 1520. The van der Waals surface area contributed by atoms with Crippen molar-refractivity contribution in [2.45, 2.75) is 55.5 Å². The van der Waals surface area contributed by atoms with E-state index in [0.29, 0.717) is 36.7 Å². The van der Waals surface area contributed by atoms with Gasteiger partial charge < -0.3 is 20.1 Å². The number of aliphatic hydroxyl groups excluding tert-OH is 1. The van der Waals surface area contributed by atoms with Crippen LogP contribution in [0.1, 0.15) is 59.3 Å². The molecule has 1 heterocycles. The van der Waals surface area contributed by atoms with E-state index in [-0.39, 0.29) is 28.7 Å². The SMILES string of the molecule is CCS(=O)(=O)c1ccc([C@H](CO)NC(=O)c2ccc(N3CC(c4ccc(C(F)(F)F)cc4)C[C@H]3COC(C)(F)F)cc2)cc1. The Morgan fingerprint density at radius 2 is 1.61 bits per heavy atom. The highest BCUT2D eigenvalue weighted by Crippen LogP contribution is 2.37. The smallest absolute Gasteiger partial charge is 0.394 e. The van der Waals surface area contributed by atoms with Gasteiger partial charge in [-0.05, 0) is 66.1 Å². The molecule has 1 saturated heterocycles. The minimum absolute atomic E-state index is 0.0610. The lowest BCUT2D eigenvalue weighted by atomic mass is 9.95. The van der Waals surface area contributed by atoms with Gasteiger partial charge in [-0.25, -0.2) is 8.42 Å². The van der Waals surface area contributed by atoms with E-state index < -0.39 is 52.3 Å². The van der Waals surface area contributed by atoms with E-state index in [1.165, 1.54) is 55.5 Å². The average molecular weight is 641 g/mol. The summed E-state index contributed by atoms with van der Waals surface area (Å²) in [5.74, 6) is -0.812. The number of carbonyl (C=O) groups excluding carboxylic acids is 1. The van der Waals surface area contributed by atoms with E-state index in [4.69, 9.17) is 4.74 Å². The molecule has 3 aromatic carbocycles. The number of sulfone groups is 1. The number of nitrogens with one attached hydrogen (secondary N) is 1. The van der Waals surface area contributed by atoms with Crippen LogP contribution in [-0.4, -0.2) is 57.1 Å². The van der Waals surface area contributed by atoms with E-state index in [9.17, 15) is 40.3 Å². The third kappa shape index (κ3) is 8.13. The highest BCUT2D eigenvalue weighted by atomic mass is 32.2. The van der Waals surface area contributed by atoms with E-state index in [2.05, 4.69) is 5.32 Å². The van der Waals surface area contributed by atoms with Gasteiger partial charge in [0, 0.05) is 30.6 Å². The summed E-state index contributed by atoms with van der Waals surface area (Å²) in [5, 5.41) is 12.6. The van der Waals surface area contributed by atoms with Gasteiger partial charge in [0.2, 0.25) is 0 Å². The van der Waals surface area contributed by atoms with Gasteiger partial charge in [0.05, 0.1) is 41.5 Å². The van der Waals surface area contributed by atoms with Crippen LogP contribution in [0, 0.1) is 0 Å². The Morgan fingerprint density at radius 3 is 2.14 bits per heavy atom. The van der Waals surface area contributed by atoms with Crippen LogP contribution < -0.4 is 10.2 Å². The molecule has 2 N–H and O–H groups in total. The van der Waals surface area contributed by atoms with Crippen molar-refractivity contribution in [3.8, 4) is 0 Å². The second kappa shape index (κ2) is 13.2. The molecule has 0 spiro atoms. The maximum Gasteiger partial charge on any atom is 0.416 e. The lowest BCUT2D eigenvalue weighted by Crippen LogP contribution is -2.35. The summed E-state index contributed by atoms with van der Waals surface area (Å²) in [6, 6.07) is 15.7. The number of hydrogen-bond donors (Lipinski definition) is 2. The van der Waals surface area contributed by atoms with E-state index in [1.54, 1.807) is 12.1 Å². The summed E-state index contributed by atoms with van der Waals surface area (Å²) >= 11 is 0. The Hall–Kier alpha value is -3.55. The summed E-state index contributed by atoms with van der Waals surface area (Å²) in [6.45, 7) is 1.74. The first-order chi connectivity index (χ1) is 20.6. The van der Waals surface area contributed by atoms with Gasteiger partial charge in [0.15, 0.2) is 9.84 Å². The molecule has 44 heavy (non-hydrogen) atoms. The molecule has 1 aliphatic heterocycles. The predicted octanol–water partition coefficient (Wildman–Crippen LogP) is 5.95. The molecule has 3 aromatic rings. The quantitative estimate of drug-likeness (QED) is 0.252. The molecule has 0 radical (unpaired) electrons. The Kier molecular flexibility index (Phi) is 10.0. The second-order valence-electron chi connectivity index (χ2n) is 10.7. The monoisotopic (exact) mass is 640 g/mol. The van der Waals surface area contributed by atoms with Gasteiger partial charge in [-0.3, -0.25) is 4.79 Å². The van der Waals surface area contributed by atoms with Gasteiger partial charge in [-0.15, -0.1) is 0 Å². The Morgan fingerprint density at radius 1 is 1.00 bits per heavy atom. The number of amides is 1. The number of ether oxygens (including phenoxy) is 1. The largest absolute Gasteiger partial charge is 0.416 e. The Balaban J connectivity index is 1.49. The molecular formula is C31H33F5N2O5S. The van der Waals surface area contributed by atoms with Gasteiger partial charge in [-0.2, -0.15) is 22.0 Å².